The summed E-state index contributed by atoms with van der Waals surface area (Å²) in [6, 6.07) is 0. The van der Waals surface area contributed by atoms with Gasteiger partial charge in [-0.3, -0.25) is 9.36 Å². The zero-order valence-corrected chi connectivity index (χ0v) is 11.1. The first-order valence-electron chi connectivity index (χ1n) is 6.33. The Bertz CT molecular complexity index is 720. The molecule has 0 aliphatic carbocycles. The SMILES string of the molecule is NC(=O)[C@H]1O[C@@H](n2cnc3c(N)ncnc32)[C@H](O)[C@@H](O)[C@@H]1O. The van der Waals surface area contributed by atoms with Crippen molar-refractivity contribution in [3.05, 3.63) is 12.7 Å². The van der Waals surface area contributed by atoms with Crippen molar-refractivity contribution < 1.29 is 24.9 Å². The number of hydrogen-bond donors (Lipinski definition) is 5. The normalized spacial score (nSPS) is 32.2. The first-order chi connectivity index (χ1) is 10.4. The summed E-state index contributed by atoms with van der Waals surface area (Å²) in [5.41, 5.74) is 11.3. The predicted octanol–water partition coefficient (Wildman–Crippen LogP) is -3.13. The number of amides is 1. The van der Waals surface area contributed by atoms with E-state index in [0.717, 1.165) is 0 Å². The van der Waals surface area contributed by atoms with Crippen LogP contribution in [0.15, 0.2) is 12.7 Å². The van der Waals surface area contributed by atoms with E-state index in [1.165, 1.54) is 17.2 Å². The molecular formula is C11H14N6O5. The number of carbonyl (C=O) groups excluding carboxylic acids is 1. The van der Waals surface area contributed by atoms with Crippen LogP contribution in [0.3, 0.4) is 0 Å². The van der Waals surface area contributed by atoms with E-state index < -0.39 is 36.6 Å². The van der Waals surface area contributed by atoms with Crippen LogP contribution in [-0.2, 0) is 9.53 Å². The second-order valence-electron chi connectivity index (χ2n) is 4.90. The Hall–Kier alpha value is -2.34. The summed E-state index contributed by atoms with van der Waals surface area (Å²) < 4.78 is 6.60. The molecule has 1 saturated heterocycles. The predicted molar refractivity (Wildman–Crippen MR) is 70.9 cm³/mol. The molecule has 5 atom stereocenters. The van der Waals surface area contributed by atoms with Crippen LogP contribution in [0.2, 0.25) is 0 Å². The molecule has 0 radical (unpaired) electrons. The van der Waals surface area contributed by atoms with Crippen molar-refractivity contribution in [2.45, 2.75) is 30.6 Å². The van der Waals surface area contributed by atoms with Gasteiger partial charge in [-0.25, -0.2) is 15.0 Å². The molecule has 0 unspecified atom stereocenters. The minimum absolute atomic E-state index is 0.126. The Balaban J connectivity index is 2.05. The fourth-order valence-corrected chi connectivity index (χ4v) is 2.38. The van der Waals surface area contributed by atoms with Crippen LogP contribution < -0.4 is 11.5 Å². The molecule has 0 saturated carbocycles. The van der Waals surface area contributed by atoms with Crippen LogP contribution in [0.1, 0.15) is 6.23 Å². The summed E-state index contributed by atoms with van der Waals surface area (Å²) in [5, 5.41) is 29.7. The highest BCUT2D eigenvalue weighted by molar-refractivity contribution is 5.81. The van der Waals surface area contributed by atoms with E-state index in [1.807, 2.05) is 0 Å². The van der Waals surface area contributed by atoms with Crippen LogP contribution >= 0.6 is 0 Å². The van der Waals surface area contributed by atoms with Crippen LogP contribution in [0.25, 0.3) is 11.2 Å². The van der Waals surface area contributed by atoms with Gasteiger partial charge < -0.3 is 31.5 Å². The second-order valence-corrected chi connectivity index (χ2v) is 4.90. The van der Waals surface area contributed by atoms with Gasteiger partial charge in [0.05, 0.1) is 6.33 Å². The first kappa shape index (κ1) is 14.6. The Morgan fingerprint density at radius 2 is 1.91 bits per heavy atom. The number of primary amides is 1. The highest BCUT2D eigenvalue weighted by Crippen LogP contribution is 2.30. The summed E-state index contributed by atoms with van der Waals surface area (Å²) in [4.78, 5) is 23.1. The maximum atomic E-state index is 11.3. The summed E-state index contributed by atoms with van der Waals surface area (Å²) in [5.74, 6) is -0.844. The maximum absolute atomic E-state index is 11.3. The molecule has 3 rings (SSSR count). The van der Waals surface area contributed by atoms with Crippen LogP contribution in [0.5, 0.6) is 0 Å². The molecule has 0 spiro atoms. The minimum Gasteiger partial charge on any atom is -0.387 e. The van der Waals surface area contributed by atoms with Gasteiger partial charge in [-0.15, -0.1) is 0 Å². The van der Waals surface area contributed by atoms with Gasteiger partial charge in [-0.05, 0) is 0 Å². The standard InChI is InChI=1S/C11H14N6O5/c12-8-3-10(15-1-14-8)17(2-16-3)11-6(20)4(18)5(19)7(22-11)9(13)21/h1-2,4-7,11,18-20H,(H2,13,21)(H2,12,14,15)/t4-,5-,6+,7-,11+/m0/s1. The summed E-state index contributed by atoms with van der Waals surface area (Å²) >= 11 is 0. The van der Waals surface area contributed by atoms with Crippen LogP contribution in [0.4, 0.5) is 5.82 Å². The molecule has 0 bridgehead atoms. The van der Waals surface area contributed by atoms with Gasteiger partial charge in [-0.1, -0.05) is 0 Å². The molecule has 1 aliphatic rings. The number of hydrogen-bond acceptors (Lipinski definition) is 9. The van der Waals surface area contributed by atoms with E-state index in [9.17, 15) is 20.1 Å². The monoisotopic (exact) mass is 310 g/mol. The molecular weight excluding hydrogens is 296 g/mol. The summed E-state index contributed by atoms with van der Waals surface area (Å²) in [6.45, 7) is 0. The molecule has 11 heteroatoms. The highest BCUT2D eigenvalue weighted by Gasteiger charge is 2.47. The number of rotatable bonds is 2. The van der Waals surface area contributed by atoms with Gasteiger partial charge in [0.15, 0.2) is 23.8 Å². The Morgan fingerprint density at radius 1 is 1.18 bits per heavy atom. The lowest BCUT2D eigenvalue weighted by atomic mass is 9.97. The molecule has 118 valence electrons. The van der Waals surface area contributed by atoms with E-state index >= 15 is 0 Å². The average Bonchev–Trinajstić information content (AvgIpc) is 2.90. The van der Waals surface area contributed by atoms with E-state index in [1.54, 1.807) is 0 Å². The van der Waals surface area contributed by atoms with Crippen molar-refractivity contribution in [3.8, 4) is 0 Å². The van der Waals surface area contributed by atoms with Gasteiger partial charge in [0.2, 0.25) is 5.91 Å². The smallest absolute Gasteiger partial charge is 0.249 e. The molecule has 0 aromatic carbocycles. The lowest BCUT2D eigenvalue weighted by Gasteiger charge is -2.39. The molecule has 1 amide bonds. The van der Waals surface area contributed by atoms with Crippen LogP contribution in [-0.4, -0.2) is 65.2 Å². The largest absolute Gasteiger partial charge is 0.387 e. The number of anilines is 1. The van der Waals surface area contributed by atoms with Gasteiger partial charge in [0.25, 0.3) is 0 Å². The quantitative estimate of drug-likeness (QED) is 0.383. The van der Waals surface area contributed by atoms with E-state index in [2.05, 4.69) is 15.0 Å². The van der Waals surface area contributed by atoms with Gasteiger partial charge in [-0.2, -0.15) is 0 Å². The number of fused-ring (bicyclic) bond motifs is 1. The molecule has 2 aromatic rings. The molecule has 22 heavy (non-hydrogen) atoms. The zero-order valence-electron chi connectivity index (χ0n) is 11.1. The summed E-state index contributed by atoms with van der Waals surface area (Å²) in [6.07, 6.45) is -5.05. The molecule has 11 nitrogen and oxygen atoms in total. The number of nitrogen functional groups attached to an aromatic ring is 1. The lowest BCUT2D eigenvalue weighted by molar-refractivity contribution is -0.239. The second kappa shape index (κ2) is 5.14. The molecule has 3 heterocycles. The first-order valence-corrected chi connectivity index (χ1v) is 6.33. The van der Waals surface area contributed by atoms with E-state index in [-0.39, 0.29) is 17.0 Å². The van der Waals surface area contributed by atoms with Gasteiger partial charge in [0, 0.05) is 0 Å². The topological polar surface area (TPSA) is 183 Å². The number of aliphatic hydroxyl groups excluding tert-OH is 3. The van der Waals surface area contributed by atoms with Crippen molar-refractivity contribution >= 4 is 22.9 Å². The van der Waals surface area contributed by atoms with E-state index in [0.29, 0.717) is 0 Å². The molecule has 1 fully saturated rings. The molecule has 2 aromatic heterocycles. The number of nitrogens with zero attached hydrogens (tertiary/aromatic N) is 4. The van der Waals surface area contributed by atoms with Gasteiger partial charge in [0.1, 0.15) is 30.2 Å². The summed E-state index contributed by atoms with van der Waals surface area (Å²) in [7, 11) is 0. The van der Waals surface area contributed by atoms with Crippen LogP contribution in [0, 0.1) is 0 Å². The fraction of sp³-hybridized carbons (Fsp3) is 0.455. The van der Waals surface area contributed by atoms with Crippen molar-refractivity contribution in [2.24, 2.45) is 5.73 Å². The third-order valence-electron chi connectivity index (χ3n) is 3.53. The Kier molecular flexibility index (Phi) is 3.41. The third-order valence-corrected chi connectivity index (χ3v) is 3.53. The average molecular weight is 310 g/mol. The molecule has 7 N–H and O–H groups in total. The number of ether oxygens (including phenoxy) is 1. The minimum atomic E-state index is -1.64. The molecule has 1 aliphatic heterocycles. The number of aromatic nitrogens is 4. The lowest BCUT2D eigenvalue weighted by Crippen LogP contribution is -2.59. The number of nitrogens with two attached hydrogens (primary N) is 2. The number of carbonyl (C=O) groups is 1. The van der Waals surface area contributed by atoms with Gasteiger partial charge >= 0.3 is 0 Å². The third kappa shape index (κ3) is 2.07. The van der Waals surface area contributed by atoms with Crippen molar-refractivity contribution in [3.63, 3.8) is 0 Å². The Morgan fingerprint density at radius 3 is 2.59 bits per heavy atom. The van der Waals surface area contributed by atoms with Crippen molar-refractivity contribution in [1.29, 1.82) is 0 Å². The highest BCUT2D eigenvalue weighted by atomic mass is 16.6. The Labute approximate surface area is 123 Å². The fourth-order valence-electron chi connectivity index (χ4n) is 2.38. The van der Waals surface area contributed by atoms with Crippen molar-refractivity contribution in [1.82, 2.24) is 19.5 Å². The van der Waals surface area contributed by atoms with E-state index in [4.69, 9.17) is 16.2 Å². The maximum Gasteiger partial charge on any atom is 0.249 e. The zero-order chi connectivity index (χ0) is 16.0. The van der Waals surface area contributed by atoms with Crippen molar-refractivity contribution in [2.75, 3.05) is 5.73 Å². The number of imidazole rings is 1. The number of aliphatic hydroxyl groups is 3.